The minimum absolute atomic E-state index is 0.198. The van der Waals surface area contributed by atoms with Gasteiger partial charge >= 0.3 is 12.1 Å². The molecule has 6 nitrogen and oxygen atoms in total. The molecule has 5 aromatic rings. The van der Waals surface area contributed by atoms with E-state index in [0.29, 0.717) is 29.4 Å². The standard InChI is InChI=1S/C34H32F3N3O3S/c1-20-23(19-43-28-7-5-6-16-38-28)12-14-27-29(20)31(44-33(2,3)4)30(40-27)25(32(41)42)17-21-8-10-22(11-9-21)26-15-13-24(18-39-26)34(35,36)37/h5-16,18,25,40H,17,19H2,1-4H3,(H,41,42). The van der Waals surface area contributed by atoms with E-state index in [1.54, 1.807) is 48.3 Å². The number of halogens is 3. The molecule has 0 saturated carbocycles. The van der Waals surface area contributed by atoms with Crippen LogP contribution < -0.4 is 4.74 Å². The smallest absolute Gasteiger partial charge is 0.417 e. The number of carboxylic acid groups (broad SMARTS) is 1. The van der Waals surface area contributed by atoms with E-state index in [1.165, 1.54) is 6.07 Å². The van der Waals surface area contributed by atoms with E-state index in [2.05, 4.69) is 35.7 Å². The lowest BCUT2D eigenvalue weighted by atomic mass is 9.94. The number of aromatic nitrogens is 3. The van der Waals surface area contributed by atoms with Gasteiger partial charge in [0, 0.05) is 50.3 Å². The second-order valence-corrected chi connectivity index (χ2v) is 13.4. The molecule has 2 N–H and O–H groups in total. The number of carbonyl (C=O) groups is 1. The van der Waals surface area contributed by atoms with Crippen molar-refractivity contribution in [3.8, 4) is 17.1 Å². The molecule has 44 heavy (non-hydrogen) atoms. The van der Waals surface area contributed by atoms with Crippen molar-refractivity contribution in [2.45, 2.75) is 62.5 Å². The summed E-state index contributed by atoms with van der Waals surface area (Å²) in [6.45, 7) is 8.61. The number of hydrogen-bond acceptors (Lipinski definition) is 5. The SMILES string of the molecule is Cc1c(COc2ccccn2)ccc2[nH]c(C(Cc3ccc(-c4ccc(C(F)(F)F)cn4)cc3)C(=O)O)c(SC(C)(C)C)c12. The van der Waals surface area contributed by atoms with Gasteiger partial charge in [0.05, 0.1) is 11.3 Å². The number of thioether (sulfide) groups is 1. The number of benzene rings is 2. The maximum atomic E-state index is 12.9. The molecule has 0 fully saturated rings. The zero-order valence-electron chi connectivity index (χ0n) is 24.7. The van der Waals surface area contributed by atoms with Crippen molar-refractivity contribution in [3.05, 3.63) is 107 Å². The molecular formula is C34H32F3N3O3S. The van der Waals surface area contributed by atoms with Crippen molar-refractivity contribution in [1.29, 1.82) is 0 Å². The third-order valence-electron chi connectivity index (χ3n) is 7.17. The van der Waals surface area contributed by atoms with Crippen molar-refractivity contribution in [2.75, 3.05) is 0 Å². The normalized spacial score (nSPS) is 12.8. The van der Waals surface area contributed by atoms with E-state index in [0.717, 1.165) is 44.8 Å². The highest BCUT2D eigenvalue weighted by atomic mass is 32.2. The number of alkyl halides is 3. The molecule has 228 valence electrons. The van der Waals surface area contributed by atoms with Crippen LogP contribution in [0.25, 0.3) is 22.2 Å². The van der Waals surface area contributed by atoms with Crippen molar-refractivity contribution in [1.82, 2.24) is 15.0 Å². The quantitative estimate of drug-likeness (QED) is 0.160. The number of nitrogens with one attached hydrogen (secondary N) is 1. The van der Waals surface area contributed by atoms with Crippen molar-refractivity contribution >= 4 is 28.6 Å². The van der Waals surface area contributed by atoms with Crippen LogP contribution in [0.5, 0.6) is 5.88 Å². The highest BCUT2D eigenvalue weighted by molar-refractivity contribution is 8.00. The Kier molecular flexibility index (Phi) is 8.74. The summed E-state index contributed by atoms with van der Waals surface area (Å²) >= 11 is 1.62. The summed E-state index contributed by atoms with van der Waals surface area (Å²) < 4.78 is 44.5. The van der Waals surface area contributed by atoms with E-state index in [9.17, 15) is 23.1 Å². The molecule has 0 radical (unpaired) electrons. The summed E-state index contributed by atoms with van der Waals surface area (Å²) in [5, 5.41) is 11.4. The van der Waals surface area contributed by atoms with E-state index >= 15 is 0 Å². The number of rotatable bonds is 9. The fourth-order valence-electron chi connectivity index (χ4n) is 4.98. The van der Waals surface area contributed by atoms with Gasteiger partial charge in [-0.05, 0) is 54.3 Å². The predicted octanol–water partition coefficient (Wildman–Crippen LogP) is 8.83. The fraction of sp³-hybridized carbons (Fsp3) is 0.265. The molecule has 0 spiro atoms. The molecule has 0 saturated heterocycles. The van der Waals surface area contributed by atoms with Crippen LogP contribution >= 0.6 is 11.8 Å². The van der Waals surface area contributed by atoms with Gasteiger partial charge in [-0.25, -0.2) is 4.98 Å². The van der Waals surface area contributed by atoms with Crippen LogP contribution in [0.1, 0.15) is 54.6 Å². The highest BCUT2D eigenvalue weighted by Crippen LogP contribution is 2.44. The number of fused-ring (bicyclic) bond motifs is 1. The van der Waals surface area contributed by atoms with Crippen LogP contribution in [0.3, 0.4) is 0 Å². The van der Waals surface area contributed by atoms with Crippen molar-refractivity contribution < 1.29 is 27.8 Å². The zero-order valence-corrected chi connectivity index (χ0v) is 25.5. The highest BCUT2D eigenvalue weighted by Gasteiger charge is 2.31. The molecular weight excluding hydrogens is 587 g/mol. The number of aliphatic carboxylic acids is 1. The number of aryl methyl sites for hydroxylation is 1. The topological polar surface area (TPSA) is 88.1 Å². The fourth-order valence-corrected chi connectivity index (χ4v) is 6.26. The summed E-state index contributed by atoms with van der Waals surface area (Å²) in [4.78, 5) is 25.3. The Morgan fingerprint density at radius 2 is 1.75 bits per heavy atom. The van der Waals surface area contributed by atoms with Crippen LogP contribution in [-0.4, -0.2) is 30.8 Å². The lowest BCUT2D eigenvalue weighted by molar-refractivity contribution is -0.139. The Labute approximate surface area is 257 Å². The third kappa shape index (κ3) is 7.07. The van der Waals surface area contributed by atoms with Gasteiger partial charge in [0.1, 0.15) is 12.5 Å². The second kappa shape index (κ2) is 12.4. The number of pyridine rings is 2. The summed E-state index contributed by atoms with van der Waals surface area (Å²) in [5.41, 5.74) is 4.46. The molecule has 1 unspecified atom stereocenters. The van der Waals surface area contributed by atoms with Crippen molar-refractivity contribution in [3.63, 3.8) is 0 Å². The summed E-state index contributed by atoms with van der Waals surface area (Å²) in [6, 6.07) is 18.8. The molecule has 3 heterocycles. The molecule has 0 aliphatic rings. The first-order valence-electron chi connectivity index (χ1n) is 14.0. The van der Waals surface area contributed by atoms with Gasteiger partial charge in [0.2, 0.25) is 5.88 Å². The number of hydrogen-bond donors (Lipinski definition) is 2. The summed E-state index contributed by atoms with van der Waals surface area (Å²) in [6.07, 6.45) is -1.75. The Hall–Kier alpha value is -4.31. The van der Waals surface area contributed by atoms with Gasteiger partial charge in [0.15, 0.2) is 0 Å². The van der Waals surface area contributed by atoms with Crippen LogP contribution in [0.4, 0.5) is 13.2 Å². The van der Waals surface area contributed by atoms with Crippen LogP contribution in [-0.2, 0) is 24.0 Å². The molecule has 0 bridgehead atoms. The van der Waals surface area contributed by atoms with E-state index in [-0.39, 0.29) is 11.2 Å². The van der Waals surface area contributed by atoms with Gasteiger partial charge in [-0.2, -0.15) is 13.2 Å². The molecule has 3 aromatic heterocycles. The molecule has 5 rings (SSSR count). The Bertz CT molecular complexity index is 1760. The first kappa shape index (κ1) is 31.1. The van der Waals surface area contributed by atoms with E-state index < -0.39 is 23.6 Å². The summed E-state index contributed by atoms with van der Waals surface area (Å²) in [5.74, 6) is -1.30. The minimum Gasteiger partial charge on any atom is -0.481 e. The number of ether oxygens (including phenoxy) is 1. The van der Waals surface area contributed by atoms with Gasteiger partial charge in [0.25, 0.3) is 0 Å². The van der Waals surface area contributed by atoms with Crippen molar-refractivity contribution in [2.24, 2.45) is 0 Å². The molecule has 0 amide bonds. The molecule has 2 aromatic carbocycles. The van der Waals surface area contributed by atoms with E-state index in [1.807, 2.05) is 31.2 Å². The average molecular weight is 620 g/mol. The number of nitrogens with zero attached hydrogens (tertiary/aromatic N) is 2. The zero-order chi connectivity index (χ0) is 31.6. The Balaban J connectivity index is 1.46. The Morgan fingerprint density at radius 3 is 2.34 bits per heavy atom. The van der Waals surface area contributed by atoms with Gasteiger partial charge in [-0.15, -0.1) is 11.8 Å². The lowest BCUT2D eigenvalue weighted by Crippen LogP contribution is -2.17. The number of aromatic amines is 1. The molecule has 10 heteroatoms. The third-order valence-corrected chi connectivity index (χ3v) is 8.41. The first-order valence-corrected chi connectivity index (χ1v) is 14.8. The predicted molar refractivity (Wildman–Crippen MR) is 166 cm³/mol. The van der Waals surface area contributed by atoms with Crippen LogP contribution in [0.15, 0.2) is 84.0 Å². The summed E-state index contributed by atoms with van der Waals surface area (Å²) in [7, 11) is 0. The first-order chi connectivity index (χ1) is 20.8. The minimum atomic E-state index is -4.46. The van der Waals surface area contributed by atoms with Crippen LogP contribution in [0.2, 0.25) is 0 Å². The van der Waals surface area contributed by atoms with E-state index in [4.69, 9.17) is 4.74 Å². The molecule has 0 aliphatic heterocycles. The van der Waals surface area contributed by atoms with Gasteiger partial charge in [-0.1, -0.05) is 57.2 Å². The largest absolute Gasteiger partial charge is 0.481 e. The Morgan fingerprint density at radius 1 is 1.00 bits per heavy atom. The van der Waals surface area contributed by atoms with Gasteiger partial charge < -0.3 is 14.8 Å². The number of carboxylic acids is 1. The molecule has 0 aliphatic carbocycles. The maximum Gasteiger partial charge on any atom is 0.417 e. The van der Waals surface area contributed by atoms with Gasteiger partial charge in [-0.3, -0.25) is 9.78 Å². The van der Waals surface area contributed by atoms with Crippen LogP contribution in [0, 0.1) is 6.92 Å². The lowest BCUT2D eigenvalue weighted by Gasteiger charge is -2.21. The maximum absolute atomic E-state index is 12.9. The average Bonchev–Trinajstić information content (AvgIpc) is 3.33. The number of H-pyrrole nitrogens is 1. The molecule has 1 atom stereocenters. The monoisotopic (exact) mass is 619 g/mol. The second-order valence-electron chi connectivity index (χ2n) is 11.5.